The maximum absolute atomic E-state index is 14.0. The van der Waals surface area contributed by atoms with Gasteiger partial charge in [0.1, 0.15) is 11.6 Å². The molecule has 0 radical (unpaired) electrons. The van der Waals surface area contributed by atoms with Crippen molar-refractivity contribution in [2.45, 2.75) is 20.3 Å². The molecule has 0 bridgehead atoms. The van der Waals surface area contributed by atoms with Gasteiger partial charge in [-0.3, -0.25) is 0 Å². The van der Waals surface area contributed by atoms with Crippen LogP contribution in [-0.4, -0.2) is 13.2 Å². The van der Waals surface area contributed by atoms with Gasteiger partial charge in [-0.2, -0.15) is 0 Å². The molecule has 3 nitrogen and oxygen atoms in total. The van der Waals surface area contributed by atoms with E-state index in [1.807, 2.05) is 43.0 Å². The lowest BCUT2D eigenvalue weighted by Crippen LogP contribution is -2.19. The minimum atomic E-state index is -0.265. The summed E-state index contributed by atoms with van der Waals surface area (Å²) in [7, 11) is 0. The van der Waals surface area contributed by atoms with Crippen LogP contribution in [0.2, 0.25) is 0 Å². The summed E-state index contributed by atoms with van der Waals surface area (Å²) in [6.07, 6.45) is 0.911. The van der Waals surface area contributed by atoms with Crippen molar-refractivity contribution >= 4 is 17.1 Å². The molecular weight excluding hydrogens is 267 g/mol. The van der Waals surface area contributed by atoms with Crippen molar-refractivity contribution < 1.29 is 9.13 Å². The number of halogens is 1. The fourth-order valence-corrected chi connectivity index (χ4v) is 2.25. The summed E-state index contributed by atoms with van der Waals surface area (Å²) in [5, 5.41) is 0. The van der Waals surface area contributed by atoms with Crippen LogP contribution in [0.15, 0.2) is 42.5 Å². The second kappa shape index (κ2) is 6.97. The monoisotopic (exact) mass is 288 g/mol. The van der Waals surface area contributed by atoms with Crippen molar-refractivity contribution in [1.82, 2.24) is 0 Å². The van der Waals surface area contributed by atoms with Crippen LogP contribution in [0.3, 0.4) is 0 Å². The third-order valence-electron chi connectivity index (χ3n) is 3.26. The Hall–Kier alpha value is -2.23. The highest BCUT2D eigenvalue weighted by Crippen LogP contribution is 2.37. The molecule has 2 aromatic rings. The molecule has 0 aliphatic heterocycles. The van der Waals surface area contributed by atoms with Gasteiger partial charge in [-0.1, -0.05) is 25.1 Å². The number of rotatable bonds is 6. The Labute approximate surface area is 125 Å². The maximum atomic E-state index is 14.0. The Bertz CT molecular complexity index is 601. The molecule has 2 rings (SSSR count). The van der Waals surface area contributed by atoms with Crippen molar-refractivity contribution in [3.8, 4) is 5.75 Å². The number of hydrogen-bond donors (Lipinski definition) is 1. The van der Waals surface area contributed by atoms with Crippen LogP contribution in [0.25, 0.3) is 0 Å². The third kappa shape index (κ3) is 3.27. The third-order valence-corrected chi connectivity index (χ3v) is 3.26. The average Bonchev–Trinajstić information content (AvgIpc) is 2.50. The van der Waals surface area contributed by atoms with Gasteiger partial charge in [0.05, 0.1) is 23.7 Å². The Balaban J connectivity index is 2.41. The zero-order valence-corrected chi connectivity index (χ0v) is 12.5. The van der Waals surface area contributed by atoms with Gasteiger partial charge in [0.15, 0.2) is 0 Å². The molecule has 0 unspecified atom stereocenters. The lowest BCUT2D eigenvalue weighted by molar-refractivity contribution is 0.319. The molecule has 0 heterocycles. The Morgan fingerprint density at radius 3 is 2.43 bits per heavy atom. The number of nitrogen functional groups attached to an aromatic ring is 1. The average molecular weight is 288 g/mol. The summed E-state index contributed by atoms with van der Waals surface area (Å²) in [6.45, 7) is 5.23. The number of ether oxygens (including phenoxy) is 1. The fraction of sp³-hybridized carbons (Fsp3) is 0.294. The number of benzene rings is 2. The first-order chi connectivity index (χ1) is 10.2. The molecular formula is C17H21FN2O. The largest absolute Gasteiger partial charge is 0.491 e. The van der Waals surface area contributed by atoms with Gasteiger partial charge in [-0.15, -0.1) is 0 Å². The molecule has 2 N–H and O–H groups in total. The summed E-state index contributed by atoms with van der Waals surface area (Å²) < 4.78 is 19.7. The van der Waals surface area contributed by atoms with Gasteiger partial charge in [-0.05, 0) is 37.6 Å². The van der Waals surface area contributed by atoms with Crippen molar-refractivity contribution in [2.75, 3.05) is 23.8 Å². The van der Waals surface area contributed by atoms with E-state index in [9.17, 15) is 4.39 Å². The van der Waals surface area contributed by atoms with Crippen LogP contribution < -0.4 is 15.4 Å². The Morgan fingerprint density at radius 1 is 1.05 bits per heavy atom. The predicted octanol–water partition coefficient (Wildman–Crippen LogP) is 4.35. The van der Waals surface area contributed by atoms with E-state index in [1.165, 1.54) is 6.07 Å². The van der Waals surface area contributed by atoms with Gasteiger partial charge >= 0.3 is 0 Å². The first-order valence-electron chi connectivity index (χ1n) is 7.22. The van der Waals surface area contributed by atoms with Crippen molar-refractivity contribution in [3.63, 3.8) is 0 Å². The second-order valence-electron chi connectivity index (χ2n) is 4.73. The molecule has 0 spiro atoms. The number of anilines is 3. The lowest BCUT2D eigenvalue weighted by Gasteiger charge is -2.26. The summed E-state index contributed by atoms with van der Waals surface area (Å²) in [5.41, 5.74) is 8.01. The smallest absolute Gasteiger partial charge is 0.146 e. The van der Waals surface area contributed by atoms with E-state index in [1.54, 1.807) is 12.1 Å². The van der Waals surface area contributed by atoms with E-state index < -0.39 is 0 Å². The van der Waals surface area contributed by atoms with Crippen LogP contribution in [0.5, 0.6) is 5.75 Å². The van der Waals surface area contributed by atoms with Gasteiger partial charge < -0.3 is 15.4 Å². The molecule has 0 saturated carbocycles. The SMILES string of the molecule is CCCOc1cccc(N(CC)c2ccccc2F)c1N. The molecule has 112 valence electrons. The van der Waals surface area contributed by atoms with Crippen LogP contribution >= 0.6 is 0 Å². The first kappa shape index (κ1) is 15.2. The molecule has 0 atom stereocenters. The van der Waals surface area contributed by atoms with E-state index in [-0.39, 0.29) is 5.82 Å². The maximum Gasteiger partial charge on any atom is 0.146 e. The predicted molar refractivity (Wildman–Crippen MR) is 85.7 cm³/mol. The van der Waals surface area contributed by atoms with Crippen LogP contribution in [0.1, 0.15) is 20.3 Å². The summed E-state index contributed by atoms with van der Waals surface area (Å²) in [6, 6.07) is 12.3. The zero-order valence-electron chi connectivity index (χ0n) is 12.5. The standard InChI is InChI=1S/C17H21FN2O/c1-3-12-21-16-11-7-10-15(17(16)19)20(4-2)14-9-6-5-8-13(14)18/h5-11H,3-4,12,19H2,1-2H3. The topological polar surface area (TPSA) is 38.5 Å². The molecule has 0 amide bonds. The molecule has 0 aliphatic carbocycles. The van der Waals surface area contributed by atoms with E-state index in [0.29, 0.717) is 30.3 Å². The van der Waals surface area contributed by atoms with Crippen LogP contribution in [0.4, 0.5) is 21.5 Å². The molecule has 0 aliphatic rings. The van der Waals surface area contributed by atoms with Gasteiger partial charge in [-0.25, -0.2) is 4.39 Å². The number of hydrogen-bond acceptors (Lipinski definition) is 3. The van der Waals surface area contributed by atoms with Crippen LogP contribution in [0, 0.1) is 5.82 Å². The molecule has 21 heavy (non-hydrogen) atoms. The quantitative estimate of drug-likeness (QED) is 0.803. The summed E-state index contributed by atoms with van der Waals surface area (Å²) >= 11 is 0. The molecule has 2 aromatic carbocycles. The minimum absolute atomic E-state index is 0.265. The van der Waals surface area contributed by atoms with Crippen molar-refractivity contribution in [1.29, 1.82) is 0 Å². The van der Waals surface area contributed by atoms with E-state index in [4.69, 9.17) is 10.5 Å². The highest BCUT2D eigenvalue weighted by Gasteiger charge is 2.16. The van der Waals surface area contributed by atoms with Gasteiger partial charge in [0.2, 0.25) is 0 Å². The second-order valence-corrected chi connectivity index (χ2v) is 4.73. The molecule has 4 heteroatoms. The number of para-hydroxylation sites is 2. The normalized spacial score (nSPS) is 10.4. The van der Waals surface area contributed by atoms with Gasteiger partial charge in [0, 0.05) is 6.54 Å². The zero-order chi connectivity index (χ0) is 15.2. The summed E-state index contributed by atoms with van der Waals surface area (Å²) in [4.78, 5) is 1.85. The lowest BCUT2D eigenvalue weighted by atomic mass is 10.2. The van der Waals surface area contributed by atoms with Crippen molar-refractivity contribution in [2.24, 2.45) is 0 Å². The Morgan fingerprint density at radius 2 is 1.76 bits per heavy atom. The number of nitrogens with zero attached hydrogens (tertiary/aromatic N) is 1. The fourth-order valence-electron chi connectivity index (χ4n) is 2.25. The van der Waals surface area contributed by atoms with E-state index >= 15 is 0 Å². The summed E-state index contributed by atoms with van der Waals surface area (Å²) in [5.74, 6) is 0.378. The molecule has 0 saturated heterocycles. The minimum Gasteiger partial charge on any atom is -0.491 e. The van der Waals surface area contributed by atoms with E-state index in [0.717, 1.165) is 12.1 Å². The van der Waals surface area contributed by atoms with Crippen LogP contribution in [-0.2, 0) is 0 Å². The number of nitrogens with two attached hydrogens (primary N) is 1. The highest BCUT2D eigenvalue weighted by molar-refractivity contribution is 5.79. The van der Waals surface area contributed by atoms with Gasteiger partial charge in [0.25, 0.3) is 0 Å². The Kier molecular flexibility index (Phi) is 5.04. The highest BCUT2D eigenvalue weighted by atomic mass is 19.1. The van der Waals surface area contributed by atoms with E-state index in [2.05, 4.69) is 0 Å². The molecule has 0 aromatic heterocycles. The molecule has 0 fully saturated rings. The van der Waals surface area contributed by atoms with Crippen molar-refractivity contribution in [3.05, 3.63) is 48.3 Å². The first-order valence-corrected chi connectivity index (χ1v) is 7.22.